The predicted molar refractivity (Wildman–Crippen MR) is 56.4 cm³/mol. The molecule has 0 heterocycles. The molecule has 0 aliphatic heterocycles. The lowest BCUT2D eigenvalue weighted by atomic mass is 10.3. The molecule has 2 nitrogen and oxygen atoms in total. The van der Waals surface area contributed by atoms with E-state index < -0.39 is 16.6 Å². The second-order valence-corrected chi connectivity index (χ2v) is 4.75. The van der Waals surface area contributed by atoms with Gasteiger partial charge in [-0.1, -0.05) is 11.6 Å². The maximum absolute atomic E-state index is 12.8. The molecule has 1 atom stereocenters. The predicted octanol–water partition coefficient (Wildman–Crippen LogP) is 1.94. The van der Waals surface area contributed by atoms with Crippen molar-refractivity contribution in [3.05, 3.63) is 29.0 Å². The van der Waals surface area contributed by atoms with Crippen molar-refractivity contribution in [3.8, 4) is 0 Å². The molecule has 0 radical (unpaired) electrons. The zero-order valence-corrected chi connectivity index (χ0v) is 9.08. The maximum atomic E-state index is 12.8. The first kappa shape index (κ1) is 11.6. The molecular formula is C9H11ClFNOS. The summed E-state index contributed by atoms with van der Waals surface area (Å²) >= 11 is 5.56. The van der Waals surface area contributed by atoms with Crippen molar-refractivity contribution in [2.75, 3.05) is 12.3 Å². The smallest absolute Gasteiger partial charge is 0.141 e. The molecule has 0 aliphatic rings. The molecule has 0 amide bonds. The molecule has 0 saturated heterocycles. The summed E-state index contributed by atoms with van der Waals surface area (Å²) in [6.07, 6.45) is 0.682. The van der Waals surface area contributed by atoms with Gasteiger partial charge < -0.3 is 5.73 Å². The van der Waals surface area contributed by atoms with Gasteiger partial charge in [0.15, 0.2) is 0 Å². The van der Waals surface area contributed by atoms with Crippen molar-refractivity contribution in [2.24, 2.45) is 5.73 Å². The van der Waals surface area contributed by atoms with Crippen LogP contribution < -0.4 is 5.73 Å². The van der Waals surface area contributed by atoms with Gasteiger partial charge in [-0.2, -0.15) is 0 Å². The van der Waals surface area contributed by atoms with Crippen molar-refractivity contribution in [3.63, 3.8) is 0 Å². The van der Waals surface area contributed by atoms with Crippen LogP contribution in [0.15, 0.2) is 23.1 Å². The number of halogens is 2. The van der Waals surface area contributed by atoms with Crippen molar-refractivity contribution in [1.82, 2.24) is 0 Å². The molecule has 1 aromatic rings. The highest BCUT2D eigenvalue weighted by molar-refractivity contribution is 7.85. The SMILES string of the molecule is NCCCS(=O)c1ccc(F)c(Cl)c1. The molecule has 0 fully saturated rings. The van der Waals surface area contributed by atoms with Crippen molar-refractivity contribution in [2.45, 2.75) is 11.3 Å². The molecule has 14 heavy (non-hydrogen) atoms. The van der Waals surface area contributed by atoms with Crippen molar-refractivity contribution < 1.29 is 8.60 Å². The molecule has 0 bridgehead atoms. The Balaban J connectivity index is 2.76. The van der Waals surface area contributed by atoms with Crippen LogP contribution in [0.5, 0.6) is 0 Å². The largest absolute Gasteiger partial charge is 0.330 e. The Labute approximate surface area is 89.7 Å². The Bertz CT molecular complexity index is 346. The molecule has 1 unspecified atom stereocenters. The minimum Gasteiger partial charge on any atom is -0.330 e. The number of benzene rings is 1. The first-order chi connectivity index (χ1) is 6.65. The first-order valence-corrected chi connectivity index (χ1v) is 5.88. The third-order valence-corrected chi connectivity index (χ3v) is 3.42. The van der Waals surface area contributed by atoms with Gasteiger partial charge in [-0.05, 0) is 31.2 Å². The van der Waals surface area contributed by atoms with E-state index in [0.717, 1.165) is 0 Å². The number of hydrogen-bond donors (Lipinski definition) is 1. The fourth-order valence-corrected chi connectivity index (χ4v) is 2.33. The van der Waals surface area contributed by atoms with Gasteiger partial charge in [0.1, 0.15) is 5.82 Å². The van der Waals surface area contributed by atoms with Gasteiger partial charge in [0, 0.05) is 10.6 Å². The van der Waals surface area contributed by atoms with Crippen LogP contribution >= 0.6 is 11.6 Å². The Morgan fingerprint density at radius 1 is 1.50 bits per heavy atom. The summed E-state index contributed by atoms with van der Waals surface area (Å²) in [7, 11) is -1.13. The highest BCUT2D eigenvalue weighted by Gasteiger charge is 2.06. The second-order valence-electron chi connectivity index (χ2n) is 2.77. The second kappa shape index (κ2) is 5.44. The zero-order valence-electron chi connectivity index (χ0n) is 7.50. The average Bonchev–Trinajstić information content (AvgIpc) is 2.18. The van der Waals surface area contributed by atoms with E-state index in [1.165, 1.54) is 18.2 Å². The molecule has 1 aromatic carbocycles. The Morgan fingerprint density at radius 3 is 2.79 bits per heavy atom. The Kier molecular flexibility index (Phi) is 4.51. The molecule has 1 rings (SSSR count). The van der Waals surface area contributed by atoms with Gasteiger partial charge in [0.05, 0.1) is 15.8 Å². The summed E-state index contributed by atoms with van der Waals surface area (Å²) in [4.78, 5) is 0.546. The molecular weight excluding hydrogens is 225 g/mol. The summed E-state index contributed by atoms with van der Waals surface area (Å²) in [5.41, 5.74) is 5.29. The van der Waals surface area contributed by atoms with Crippen LogP contribution in [0.4, 0.5) is 4.39 Å². The van der Waals surface area contributed by atoms with Gasteiger partial charge >= 0.3 is 0 Å². The standard InChI is InChI=1S/C9H11ClFNOS/c10-8-6-7(2-3-9(8)11)14(13)5-1-4-12/h2-3,6H,1,4-5,12H2. The molecule has 0 spiro atoms. The van der Waals surface area contributed by atoms with Crippen molar-refractivity contribution in [1.29, 1.82) is 0 Å². The van der Waals surface area contributed by atoms with E-state index in [9.17, 15) is 8.60 Å². The molecule has 0 saturated carbocycles. The average molecular weight is 236 g/mol. The lowest BCUT2D eigenvalue weighted by Gasteiger charge is -2.02. The number of hydrogen-bond acceptors (Lipinski definition) is 2. The summed E-state index contributed by atoms with van der Waals surface area (Å²) in [5, 5.41) is 0.00333. The molecule has 0 aromatic heterocycles. The Morgan fingerprint density at radius 2 is 2.21 bits per heavy atom. The van der Waals surface area contributed by atoms with Gasteiger partial charge in [-0.15, -0.1) is 0 Å². The van der Waals surface area contributed by atoms with E-state index in [1.54, 1.807) is 0 Å². The van der Waals surface area contributed by atoms with Crippen LogP contribution in [0, 0.1) is 5.82 Å². The Hall–Kier alpha value is -0.450. The lowest BCUT2D eigenvalue weighted by Crippen LogP contribution is -2.06. The van der Waals surface area contributed by atoms with Gasteiger partial charge in [0.25, 0.3) is 0 Å². The normalized spacial score (nSPS) is 12.8. The van der Waals surface area contributed by atoms with Crippen LogP contribution in [0.2, 0.25) is 5.02 Å². The van der Waals surface area contributed by atoms with E-state index in [0.29, 0.717) is 23.6 Å². The topological polar surface area (TPSA) is 43.1 Å². The number of rotatable bonds is 4. The third-order valence-electron chi connectivity index (χ3n) is 1.69. The lowest BCUT2D eigenvalue weighted by molar-refractivity contribution is 0.626. The quantitative estimate of drug-likeness (QED) is 0.867. The van der Waals surface area contributed by atoms with E-state index in [2.05, 4.69) is 0 Å². The van der Waals surface area contributed by atoms with Gasteiger partial charge in [0.2, 0.25) is 0 Å². The minimum absolute atomic E-state index is 0.00333. The van der Waals surface area contributed by atoms with E-state index in [1.807, 2.05) is 0 Å². The monoisotopic (exact) mass is 235 g/mol. The highest BCUT2D eigenvalue weighted by atomic mass is 35.5. The fourth-order valence-electron chi connectivity index (χ4n) is 0.951. The summed E-state index contributed by atoms with van der Waals surface area (Å²) in [5.74, 6) is -0.00964. The summed E-state index contributed by atoms with van der Waals surface area (Å²) < 4.78 is 24.3. The van der Waals surface area contributed by atoms with Crippen LogP contribution in [0.1, 0.15) is 6.42 Å². The van der Waals surface area contributed by atoms with Crippen LogP contribution in [-0.2, 0) is 10.8 Å². The molecule has 5 heteroatoms. The third kappa shape index (κ3) is 3.04. The van der Waals surface area contributed by atoms with E-state index in [-0.39, 0.29) is 5.02 Å². The zero-order chi connectivity index (χ0) is 10.6. The van der Waals surface area contributed by atoms with E-state index in [4.69, 9.17) is 17.3 Å². The molecule has 2 N–H and O–H groups in total. The maximum Gasteiger partial charge on any atom is 0.141 e. The van der Waals surface area contributed by atoms with Gasteiger partial charge in [-0.25, -0.2) is 4.39 Å². The minimum atomic E-state index is -1.13. The van der Waals surface area contributed by atoms with Crippen LogP contribution in [0.25, 0.3) is 0 Å². The summed E-state index contributed by atoms with van der Waals surface area (Å²) in [6.45, 7) is 0.501. The van der Waals surface area contributed by atoms with Gasteiger partial charge in [-0.3, -0.25) is 4.21 Å². The number of nitrogens with two attached hydrogens (primary N) is 1. The summed E-state index contributed by atoms with van der Waals surface area (Å²) in [6, 6.07) is 4.09. The first-order valence-electron chi connectivity index (χ1n) is 4.18. The fraction of sp³-hybridized carbons (Fsp3) is 0.333. The van der Waals surface area contributed by atoms with Crippen molar-refractivity contribution >= 4 is 22.4 Å². The van der Waals surface area contributed by atoms with Crippen LogP contribution in [0.3, 0.4) is 0 Å². The molecule has 78 valence electrons. The van der Waals surface area contributed by atoms with Crippen LogP contribution in [-0.4, -0.2) is 16.5 Å². The highest BCUT2D eigenvalue weighted by Crippen LogP contribution is 2.18. The van der Waals surface area contributed by atoms with E-state index >= 15 is 0 Å². The molecule has 0 aliphatic carbocycles.